The van der Waals surface area contributed by atoms with Crippen LogP contribution in [0.4, 0.5) is 0 Å². The standard InChI is InChI=1S/C20H18N4O5S/c1-25-13-8-12(9-14(10-13)26-2)18-22-24-20(29-18)30-11-17-21-23-19(28-17)15-6-4-5-7-16(15)27-3/h4-10H,11H2,1-3H3. The smallest absolute Gasteiger partial charge is 0.277 e. The van der Waals surface area contributed by atoms with E-state index in [0.29, 0.717) is 51.5 Å². The molecule has 0 aliphatic rings. The number of ether oxygens (including phenoxy) is 3. The van der Waals surface area contributed by atoms with E-state index >= 15 is 0 Å². The largest absolute Gasteiger partial charge is 0.497 e. The highest BCUT2D eigenvalue weighted by molar-refractivity contribution is 7.98. The number of methoxy groups -OCH3 is 3. The van der Waals surface area contributed by atoms with Crippen LogP contribution in [0.5, 0.6) is 17.2 Å². The minimum atomic E-state index is 0.356. The molecule has 0 N–H and O–H groups in total. The van der Waals surface area contributed by atoms with E-state index in [-0.39, 0.29) is 0 Å². The van der Waals surface area contributed by atoms with E-state index in [9.17, 15) is 0 Å². The SMILES string of the molecule is COc1cc(OC)cc(-c2nnc(SCc3nnc(-c4ccccc4OC)o3)o2)c1. The lowest BCUT2D eigenvalue weighted by molar-refractivity contribution is 0.394. The van der Waals surface area contributed by atoms with E-state index in [1.807, 2.05) is 24.3 Å². The van der Waals surface area contributed by atoms with E-state index in [0.717, 1.165) is 5.56 Å². The Morgan fingerprint density at radius 1 is 0.800 bits per heavy atom. The van der Waals surface area contributed by atoms with Crippen molar-refractivity contribution in [1.82, 2.24) is 20.4 Å². The summed E-state index contributed by atoms with van der Waals surface area (Å²) in [7, 11) is 4.76. The number of benzene rings is 2. The van der Waals surface area contributed by atoms with Crippen LogP contribution in [0.1, 0.15) is 5.89 Å². The van der Waals surface area contributed by atoms with Crippen LogP contribution in [0.15, 0.2) is 56.5 Å². The molecule has 30 heavy (non-hydrogen) atoms. The number of rotatable bonds is 8. The van der Waals surface area contributed by atoms with Crippen LogP contribution in [0.25, 0.3) is 22.9 Å². The maximum Gasteiger partial charge on any atom is 0.277 e. The van der Waals surface area contributed by atoms with Crippen molar-refractivity contribution in [2.75, 3.05) is 21.3 Å². The number of aromatic nitrogens is 4. The second-order valence-corrected chi connectivity index (χ2v) is 6.89. The summed E-state index contributed by atoms with van der Waals surface area (Å²) in [6, 6.07) is 12.8. The summed E-state index contributed by atoms with van der Waals surface area (Å²) in [6.07, 6.45) is 0. The van der Waals surface area contributed by atoms with Crippen LogP contribution in [0, 0.1) is 0 Å². The van der Waals surface area contributed by atoms with Gasteiger partial charge in [-0.1, -0.05) is 23.9 Å². The van der Waals surface area contributed by atoms with Gasteiger partial charge in [0.15, 0.2) is 0 Å². The molecule has 0 saturated carbocycles. The zero-order chi connectivity index (χ0) is 20.9. The Morgan fingerprint density at radius 3 is 2.27 bits per heavy atom. The Labute approximate surface area is 176 Å². The number of hydrogen-bond acceptors (Lipinski definition) is 10. The Bertz CT molecular complexity index is 1120. The zero-order valence-electron chi connectivity index (χ0n) is 16.5. The lowest BCUT2D eigenvalue weighted by Gasteiger charge is -2.05. The number of nitrogens with zero attached hydrogens (tertiary/aromatic N) is 4. The van der Waals surface area contributed by atoms with Gasteiger partial charge in [-0.15, -0.1) is 20.4 Å². The molecule has 0 aliphatic heterocycles. The highest BCUT2D eigenvalue weighted by Gasteiger charge is 2.16. The molecule has 9 nitrogen and oxygen atoms in total. The summed E-state index contributed by atoms with van der Waals surface area (Å²) < 4.78 is 27.4. The van der Waals surface area contributed by atoms with Gasteiger partial charge in [-0.25, -0.2) is 0 Å². The van der Waals surface area contributed by atoms with Gasteiger partial charge in [0.05, 0.1) is 32.6 Å². The summed E-state index contributed by atoms with van der Waals surface area (Å²) in [4.78, 5) is 0. The first-order chi connectivity index (χ1) is 14.7. The van der Waals surface area contributed by atoms with Gasteiger partial charge in [-0.2, -0.15) is 0 Å². The van der Waals surface area contributed by atoms with E-state index < -0.39 is 0 Å². The van der Waals surface area contributed by atoms with Crippen molar-refractivity contribution in [3.8, 4) is 40.2 Å². The maximum absolute atomic E-state index is 5.74. The summed E-state index contributed by atoms with van der Waals surface area (Å²) in [5.74, 6) is 3.48. The fourth-order valence-electron chi connectivity index (χ4n) is 2.68. The van der Waals surface area contributed by atoms with Gasteiger partial charge in [0.1, 0.15) is 17.2 Å². The fraction of sp³-hybridized carbons (Fsp3) is 0.200. The third-order valence-electron chi connectivity index (χ3n) is 4.13. The van der Waals surface area contributed by atoms with E-state index in [1.54, 1.807) is 39.5 Å². The predicted octanol–water partition coefficient (Wildman–Crippen LogP) is 4.10. The lowest BCUT2D eigenvalue weighted by atomic mass is 10.2. The van der Waals surface area contributed by atoms with Crippen molar-refractivity contribution < 1.29 is 23.0 Å². The maximum atomic E-state index is 5.74. The third kappa shape index (κ3) is 4.23. The number of thioether (sulfide) groups is 1. The molecule has 0 spiro atoms. The molecule has 0 bridgehead atoms. The molecule has 2 aromatic heterocycles. The van der Waals surface area contributed by atoms with Crippen molar-refractivity contribution >= 4 is 11.8 Å². The molecule has 0 aliphatic carbocycles. The van der Waals surface area contributed by atoms with Crippen LogP contribution >= 0.6 is 11.8 Å². The molecule has 0 amide bonds. The molecule has 4 aromatic rings. The molecule has 0 atom stereocenters. The number of para-hydroxylation sites is 1. The van der Waals surface area contributed by atoms with Crippen molar-refractivity contribution in [3.05, 3.63) is 48.4 Å². The van der Waals surface area contributed by atoms with E-state index in [4.69, 9.17) is 23.0 Å². The molecule has 154 valence electrons. The number of hydrogen-bond donors (Lipinski definition) is 0. The third-order valence-corrected chi connectivity index (χ3v) is 4.93. The van der Waals surface area contributed by atoms with Crippen molar-refractivity contribution in [3.63, 3.8) is 0 Å². The monoisotopic (exact) mass is 426 g/mol. The second kappa shape index (κ2) is 8.87. The quantitative estimate of drug-likeness (QED) is 0.382. The van der Waals surface area contributed by atoms with Crippen molar-refractivity contribution in [2.45, 2.75) is 11.0 Å². The van der Waals surface area contributed by atoms with Gasteiger partial charge >= 0.3 is 0 Å². The van der Waals surface area contributed by atoms with Crippen molar-refractivity contribution in [1.29, 1.82) is 0 Å². The first kappa shape index (κ1) is 19.8. The van der Waals surface area contributed by atoms with Crippen LogP contribution in [0.2, 0.25) is 0 Å². The molecule has 0 radical (unpaired) electrons. The molecule has 10 heteroatoms. The molecule has 2 aromatic carbocycles. The van der Waals surface area contributed by atoms with Gasteiger partial charge in [-0.05, 0) is 24.3 Å². The molecular formula is C20H18N4O5S. The first-order valence-electron chi connectivity index (χ1n) is 8.85. The Hall–Kier alpha value is -3.53. The van der Waals surface area contributed by atoms with E-state index in [2.05, 4.69) is 20.4 Å². The Balaban J connectivity index is 1.46. The summed E-state index contributed by atoms with van der Waals surface area (Å²) in [6.45, 7) is 0. The van der Waals surface area contributed by atoms with E-state index in [1.165, 1.54) is 11.8 Å². The topological polar surface area (TPSA) is 106 Å². The summed E-state index contributed by atoms with van der Waals surface area (Å²) in [5, 5.41) is 16.7. The minimum Gasteiger partial charge on any atom is -0.497 e. The molecule has 0 fully saturated rings. The molecular weight excluding hydrogens is 408 g/mol. The van der Waals surface area contributed by atoms with Crippen LogP contribution < -0.4 is 14.2 Å². The summed E-state index contributed by atoms with van der Waals surface area (Å²) in [5.41, 5.74) is 1.43. The minimum absolute atomic E-state index is 0.356. The lowest BCUT2D eigenvalue weighted by Crippen LogP contribution is -1.88. The molecule has 4 rings (SSSR count). The zero-order valence-corrected chi connectivity index (χ0v) is 17.3. The fourth-order valence-corrected chi connectivity index (χ4v) is 3.28. The predicted molar refractivity (Wildman–Crippen MR) is 109 cm³/mol. The van der Waals surface area contributed by atoms with Crippen LogP contribution in [-0.2, 0) is 5.75 Å². The van der Waals surface area contributed by atoms with Crippen LogP contribution in [-0.4, -0.2) is 41.7 Å². The van der Waals surface area contributed by atoms with Gasteiger partial charge in [0.2, 0.25) is 11.8 Å². The van der Waals surface area contributed by atoms with Gasteiger partial charge in [0.25, 0.3) is 11.1 Å². The molecule has 0 saturated heterocycles. The summed E-state index contributed by atoms with van der Waals surface area (Å²) >= 11 is 1.30. The van der Waals surface area contributed by atoms with Gasteiger partial charge < -0.3 is 23.0 Å². The first-order valence-corrected chi connectivity index (χ1v) is 9.84. The average molecular weight is 426 g/mol. The van der Waals surface area contributed by atoms with Gasteiger partial charge in [-0.3, -0.25) is 0 Å². The Morgan fingerprint density at radius 2 is 1.53 bits per heavy atom. The van der Waals surface area contributed by atoms with Crippen LogP contribution in [0.3, 0.4) is 0 Å². The normalized spacial score (nSPS) is 10.8. The Kier molecular flexibility index (Phi) is 5.84. The second-order valence-electron chi connectivity index (χ2n) is 5.96. The average Bonchev–Trinajstić information content (AvgIpc) is 3.47. The molecule has 0 unspecified atom stereocenters. The van der Waals surface area contributed by atoms with Crippen molar-refractivity contribution in [2.24, 2.45) is 0 Å². The highest BCUT2D eigenvalue weighted by atomic mass is 32.2. The highest BCUT2D eigenvalue weighted by Crippen LogP contribution is 2.32. The molecule has 2 heterocycles. The van der Waals surface area contributed by atoms with Gasteiger partial charge in [0, 0.05) is 11.6 Å².